The predicted molar refractivity (Wildman–Crippen MR) is 71.1 cm³/mol. The second-order valence-electron chi connectivity index (χ2n) is 6.48. The van der Waals surface area contributed by atoms with Crippen LogP contribution >= 0.6 is 0 Å². The summed E-state index contributed by atoms with van der Waals surface area (Å²) in [6.45, 7) is 10.3. The van der Waals surface area contributed by atoms with Crippen molar-refractivity contribution < 1.29 is 0 Å². The molecule has 1 aliphatic rings. The molecule has 17 heavy (non-hydrogen) atoms. The van der Waals surface area contributed by atoms with E-state index in [9.17, 15) is 0 Å². The van der Waals surface area contributed by atoms with E-state index in [-0.39, 0.29) is 0 Å². The van der Waals surface area contributed by atoms with Crippen LogP contribution in [0.15, 0.2) is 12.5 Å². The molecule has 1 aromatic rings. The van der Waals surface area contributed by atoms with Gasteiger partial charge in [0, 0.05) is 24.0 Å². The van der Waals surface area contributed by atoms with Crippen LogP contribution in [0.3, 0.4) is 0 Å². The number of aromatic nitrogens is 2. The first-order chi connectivity index (χ1) is 7.97. The van der Waals surface area contributed by atoms with E-state index in [2.05, 4.69) is 42.6 Å². The number of hydrogen-bond acceptors (Lipinski definition) is 2. The zero-order chi connectivity index (χ0) is 12.5. The molecule has 0 saturated carbocycles. The zero-order valence-corrected chi connectivity index (χ0v) is 11.5. The maximum absolute atomic E-state index is 4.35. The van der Waals surface area contributed by atoms with Crippen molar-refractivity contribution in [3.63, 3.8) is 0 Å². The summed E-state index contributed by atoms with van der Waals surface area (Å²) in [5.74, 6) is 0. The quantitative estimate of drug-likeness (QED) is 0.854. The fourth-order valence-corrected chi connectivity index (χ4v) is 2.72. The van der Waals surface area contributed by atoms with Crippen molar-refractivity contribution >= 4 is 0 Å². The minimum Gasteiger partial charge on any atom is -0.330 e. The normalized spacial score (nSPS) is 26.1. The Morgan fingerprint density at radius 2 is 2.24 bits per heavy atom. The Morgan fingerprint density at radius 1 is 1.47 bits per heavy atom. The molecule has 0 bridgehead atoms. The van der Waals surface area contributed by atoms with E-state index in [1.54, 1.807) is 0 Å². The average Bonchev–Trinajstić information content (AvgIpc) is 2.64. The minimum absolute atomic E-state index is 0.323. The van der Waals surface area contributed by atoms with Gasteiger partial charge >= 0.3 is 0 Å². The molecule has 0 aliphatic carbocycles. The lowest BCUT2D eigenvalue weighted by molar-refractivity contribution is 0.283. The first kappa shape index (κ1) is 12.6. The third-order valence-electron chi connectivity index (χ3n) is 3.54. The molecular formula is C14H25N3. The summed E-state index contributed by atoms with van der Waals surface area (Å²) in [7, 11) is 0. The number of imidazole rings is 1. The molecule has 2 atom stereocenters. The molecule has 2 heterocycles. The third-order valence-corrected chi connectivity index (χ3v) is 3.54. The first-order valence-corrected chi connectivity index (χ1v) is 6.71. The van der Waals surface area contributed by atoms with Crippen LogP contribution in [-0.2, 0) is 6.42 Å². The van der Waals surface area contributed by atoms with Crippen molar-refractivity contribution in [3.05, 3.63) is 18.2 Å². The molecule has 2 rings (SSSR count). The van der Waals surface area contributed by atoms with Gasteiger partial charge in [-0.05, 0) is 38.1 Å². The summed E-state index contributed by atoms with van der Waals surface area (Å²) in [6, 6.07) is 1.13. The van der Waals surface area contributed by atoms with Gasteiger partial charge < -0.3 is 9.88 Å². The Labute approximate surface area is 105 Å². The number of nitrogens with zero attached hydrogens (tertiary/aromatic N) is 2. The molecule has 3 nitrogen and oxygen atoms in total. The van der Waals surface area contributed by atoms with Crippen LogP contribution in [0.4, 0.5) is 0 Å². The second kappa shape index (κ2) is 4.81. The van der Waals surface area contributed by atoms with E-state index in [1.165, 1.54) is 18.5 Å². The number of rotatable bonds is 2. The Kier molecular flexibility index (Phi) is 3.57. The van der Waals surface area contributed by atoms with Gasteiger partial charge in [0.25, 0.3) is 0 Å². The molecule has 1 saturated heterocycles. The highest BCUT2D eigenvalue weighted by Gasteiger charge is 2.25. The number of nitrogens with one attached hydrogen (secondary N) is 1. The lowest BCUT2D eigenvalue weighted by Crippen LogP contribution is -2.40. The van der Waals surface area contributed by atoms with Gasteiger partial charge in [-0.2, -0.15) is 0 Å². The summed E-state index contributed by atoms with van der Waals surface area (Å²) < 4.78 is 2.39. The van der Waals surface area contributed by atoms with Crippen molar-refractivity contribution in [2.24, 2.45) is 5.41 Å². The third kappa shape index (κ3) is 3.09. The molecule has 1 aromatic heterocycles. The molecule has 3 heteroatoms. The molecule has 2 unspecified atom stereocenters. The topological polar surface area (TPSA) is 29.9 Å². The van der Waals surface area contributed by atoms with Crippen molar-refractivity contribution in [1.29, 1.82) is 0 Å². The van der Waals surface area contributed by atoms with Gasteiger partial charge in [0.05, 0.1) is 6.33 Å². The lowest BCUT2D eigenvalue weighted by atomic mass is 9.90. The highest BCUT2D eigenvalue weighted by Crippen LogP contribution is 2.27. The summed E-state index contributed by atoms with van der Waals surface area (Å²) >= 11 is 0. The molecule has 0 aromatic carbocycles. The lowest BCUT2D eigenvalue weighted by Gasteiger charge is -2.33. The van der Waals surface area contributed by atoms with Gasteiger partial charge in [-0.3, -0.25) is 0 Å². The largest absolute Gasteiger partial charge is 0.330 e. The molecule has 0 amide bonds. The molecule has 96 valence electrons. The number of hydrogen-bond donors (Lipinski definition) is 1. The number of piperidine rings is 1. The van der Waals surface area contributed by atoms with E-state index in [1.807, 2.05) is 12.5 Å². The van der Waals surface area contributed by atoms with E-state index in [0.29, 0.717) is 17.5 Å². The van der Waals surface area contributed by atoms with Crippen LogP contribution in [0, 0.1) is 5.41 Å². The average molecular weight is 235 g/mol. The predicted octanol–water partition coefficient (Wildman–Crippen LogP) is 2.78. The van der Waals surface area contributed by atoms with Gasteiger partial charge in [-0.15, -0.1) is 0 Å². The van der Waals surface area contributed by atoms with Crippen LogP contribution in [0.1, 0.15) is 52.3 Å². The van der Waals surface area contributed by atoms with Crippen LogP contribution in [0.25, 0.3) is 0 Å². The van der Waals surface area contributed by atoms with Crippen molar-refractivity contribution in [2.45, 2.75) is 59.0 Å². The summed E-state index contributed by atoms with van der Waals surface area (Å²) in [6.07, 6.45) is 7.67. The minimum atomic E-state index is 0.323. The van der Waals surface area contributed by atoms with Gasteiger partial charge in [0.1, 0.15) is 0 Å². The van der Waals surface area contributed by atoms with Crippen molar-refractivity contribution in [1.82, 2.24) is 14.9 Å². The van der Waals surface area contributed by atoms with Gasteiger partial charge in [-0.1, -0.05) is 20.8 Å². The smallest absolute Gasteiger partial charge is 0.0951 e. The monoisotopic (exact) mass is 235 g/mol. The molecular weight excluding hydrogens is 210 g/mol. The molecule has 1 fully saturated rings. The Bertz CT molecular complexity index is 362. The van der Waals surface area contributed by atoms with Crippen LogP contribution in [0.5, 0.6) is 0 Å². The molecule has 0 radical (unpaired) electrons. The first-order valence-electron chi connectivity index (χ1n) is 6.71. The molecule has 1 N–H and O–H groups in total. The fourth-order valence-electron chi connectivity index (χ4n) is 2.72. The van der Waals surface area contributed by atoms with Crippen LogP contribution < -0.4 is 5.32 Å². The SMILES string of the molecule is CC1NCCCC1n1cncc1CC(C)(C)C. The van der Waals surface area contributed by atoms with E-state index in [4.69, 9.17) is 0 Å². The van der Waals surface area contributed by atoms with Gasteiger partial charge in [-0.25, -0.2) is 4.98 Å². The Hall–Kier alpha value is -0.830. The van der Waals surface area contributed by atoms with Crippen LogP contribution in [-0.4, -0.2) is 22.1 Å². The second-order valence-corrected chi connectivity index (χ2v) is 6.48. The standard InChI is InChI=1S/C14H25N3/c1-11-13(6-5-7-16-11)17-10-15-9-12(17)8-14(2,3)4/h9-11,13,16H,5-8H2,1-4H3. The Balaban J connectivity index is 2.17. The zero-order valence-electron chi connectivity index (χ0n) is 11.5. The van der Waals surface area contributed by atoms with Crippen LogP contribution in [0.2, 0.25) is 0 Å². The summed E-state index contributed by atoms with van der Waals surface area (Å²) in [5.41, 5.74) is 1.70. The highest BCUT2D eigenvalue weighted by molar-refractivity contribution is 5.05. The van der Waals surface area contributed by atoms with Gasteiger partial charge in [0.2, 0.25) is 0 Å². The molecule has 0 spiro atoms. The van der Waals surface area contributed by atoms with Gasteiger partial charge in [0.15, 0.2) is 0 Å². The fraction of sp³-hybridized carbons (Fsp3) is 0.786. The Morgan fingerprint density at radius 3 is 2.88 bits per heavy atom. The van der Waals surface area contributed by atoms with Crippen molar-refractivity contribution in [3.8, 4) is 0 Å². The summed E-state index contributed by atoms with van der Waals surface area (Å²) in [4.78, 5) is 4.35. The highest BCUT2D eigenvalue weighted by atomic mass is 15.1. The molecule has 1 aliphatic heterocycles. The summed E-state index contributed by atoms with van der Waals surface area (Å²) in [5, 5.41) is 3.56. The van der Waals surface area contributed by atoms with E-state index < -0.39 is 0 Å². The maximum atomic E-state index is 4.35. The van der Waals surface area contributed by atoms with E-state index in [0.717, 1.165) is 13.0 Å². The van der Waals surface area contributed by atoms with E-state index >= 15 is 0 Å². The van der Waals surface area contributed by atoms with Crippen molar-refractivity contribution in [2.75, 3.05) is 6.54 Å². The maximum Gasteiger partial charge on any atom is 0.0951 e.